The molecule has 0 bridgehead atoms. The predicted octanol–water partition coefficient (Wildman–Crippen LogP) is 3.60. The number of likely N-dealkylation sites (N-methyl/N-ethyl adjacent to an activating group) is 1. The number of rotatable bonds is 7. The summed E-state index contributed by atoms with van der Waals surface area (Å²) in [5.41, 5.74) is 2.92. The largest absolute Gasteiger partial charge is 0.472 e. The number of hydrogen-bond donors (Lipinski definition) is 1. The number of aliphatic hydroxyl groups is 1. The molecule has 1 amide bonds. The van der Waals surface area contributed by atoms with Gasteiger partial charge in [0, 0.05) is 31.3 Å². The third kappa shape index (κ3) is 5.69. The highest BCUT2D eigenvalue weighted by Gasteiger charge is 2.36. The molecule has 0 spiro atoms. The minimum absolute atomic E-state index is 0.0640. The number of fused-ring (bicyclic) bond motifs is 1. The monoisotopic (exact) mass is 523 g/mol. The second-order valence-corrected chi connectivity index (χ2v) is 11.7. The molecule has 4 rings (SSSR count). The topological polar surface area (TPSA) is 100 Å². The van der Waals surface area contributed by atoms with Gasteiger partial charge in [-0.1, -0.05) is 55.0 Å². The van der Waals surface area contributed by atoms with Gasteiger partial charge in [0.2, 0.25) is 15.9 Å². The van der Waals surface area contributed by atoms with E-state index in [1.54, 1.807) is 48.4 Å². The van der Waals surface area contributed by atoms with Crippen LogP contribution >= 0.6 is 0 Å². The fourth-order valence-electron chi connectivity index (χ4n) is 4.35. The number of aromatic nitrogens is 1. The van der Waals surface area contributed by atoms with Crippen molar-refractivity contribution in [1.29, 1.82) is 0 Å². The Morgan fingerprint density at radius 2 is 1.81 bits per heavy atom. The molecule has 0 saturated heterocycles. The van der Waals surface area contributed by atoms with E-state index < -0.39 is 22.2 Å². The average Bonchev–Trinajstić information content (AvgIpc) is 2.90. The number of aryl methyl sites for hydroxylation is 1. The summed E-state index contributed by atoms with van der Waals surface area (Å²) in [6, 6.07) is 17.6. The van der Waals surface area contributed by atoms with Crippen molar-refractivity contribution in [2.75, 3.05) is 26.7 Å². The van der Waals surface area contributed by atoms with Gasteiger partial charge in [-0.2, -0.15) is 4.31 Å². The van der Waals surface area contributed by atoms with Crippen molar-refractivity contribution in [3.63, 3.8) is 0 Å². The first kappa shape index (κ1) is 26.8. The van der Waals surface area contributed by atoms with Gasteiger partial charge >= 0.3 is 0 Å². The maximum absolute atomic E-state index is 13.6. The van der Waals surface area contributed by atoms with Gasteiger partial charge in [-0.3, -0.25) is 4.79 Å². The van der Waals surface area contributed by atoms with E-state index in [0.29, 0.717) is 6.54 Å². The number of nitrogens with zero attached hydrogens (tertiary/aromatic N) is 3. The summed E-state index contributed by atoms with van der Waals surface area (Å²) >= 11 is 0. The summed E-state index contributed by atoms with van der Waals surface area (Å²) in [5.74, 6) is -0.373. The van der Waals surface area contributed by atoms with E-state index in [4.69, 9.17) is 4.74 Å². The average molecular weight is 524 g/mol. The van der Waals surface area contributed by atoms with Crippen molar-refractivity contribution >= 4 is 15.9 Å². The maximum Gasteiger partial charge on any atom is 0.259 e. The third-order valence-corrected chi connectivity index (χ3v) is 8.63. The molecule has 1 N–H and O–H groups in total. The number of sulfonamides is 1. The Balaban J connectivity index is 1.70. The van der Waals surface area contributed by atoms with Crippen LogP contribution in [0.2, 0.25) is 0 Å². The molecule has 3 aromatic rings. The van der Waals surface area contributed by atoms with Crippen molar-refractivity contribution in [3.05, 3.63) is 78.0 Å². The fourth-order valence-corrected chi connectivity index (χ4v) is 5.53. The molecule has 0 radical (unpaired) electrons. The van der Waals surface area contributed by atoms with Crippen molar-refractivity contribution in [2.45, 2.75) is 37.8 Å². The number of ether oxygens (including phenoxy) is 1. The molecule has 9 heteroatoms. The van der Waals surface area contributed by atoms with Crippen LogP contribution in [0.4, 0.5) is 0 Å². The smallest absolute Gasteiger partial charge is 0.259 e. The van der Waals surface area contributed by atoms with Gasteiger partial charge in [0.25, 0.3) is 5.91 Å². The van der Waals surface area contributed by atoms with Crippen LogP contribution in [0.3, 0.4) is 0 Å². The van der Waals surface area contributed by atoms with E-state index in [1.165, 1.54) is 11.4 Å². The van der Waals surface area contributed by atoms with Gasteiger partial charge in [-0.25, -0.2) is 13.4 Å². The fraction of sp³-hybridized carbons (Fsp3) is 0.357. The molecular weight excluding hydrogens is 490 g/mol. The number of amides is 1. The minimum Gasteiger partial charge on any atom is -0.472 e. The molecular formula is C28H33N3O5S. The van der Waals surface area contributed by atoms with Gasteiger partial charge in [-0.05, 0) is 37.6 Å². The van der Waals surface area contributed by atoms with E-state index >= 15 is 0 Å². The normalized spacial score (nSPS) is 19.1. The SMILES string of the molecule is Cc1ccc(S(=O)(=O)N(C)C[C@H]2Oc3ncc(-c4ccccc4)cc3C(=O)N([C@@H](C)CO)C[C@@H]2C)cc1. The molecule has 0 unspecified atom stereocenters. The van der Waals surface area contributed by atoms with E-state index in [1.807, 2.05) is 44.2 Å². The predicted molar refractivity (Wildman–Crippen MR) is 142 cm³/mol. The quantitative estimate of drug-likeness (QED) is 0.508. The summed E-state index contributed by atoms with van der Waals surface area (Å²) in [7, 11) is -2.23. The molecule has 1 aromatic heterocycles. The van der Waals surface area contributed by atoms with Gasteiger partial charge in [0.1, 0.15) is 11.7 Å². The number of carbonyl (C=O) groups is 1. The lowest BCUT2D eigenvalue weighted by atomic mass is 9.99. The molecule has 2 heterocycles. The molecule has 2 aromatic carbocycles. The molecule has 1 aliphatic heterocycles. The first-order chi connectivity index (χ1) is 17.6. The first-order valence-electron chi connectivity index (χ1n) is 12.3. The van der Waals surface area contributed by atoms with Crippen LogP contribution in [0.25, 0.3) is 11.1 Å². The van der Waals surface area contributed by atoms with E-state index in [-0.39, 0.29) is 41.3 Å². The number of aliphatic hydroxyl groups excluding tert-OH is 1. The summed E-state index contributed by atoms with van der Waals surface area (Å²) in [6.07, 6.45) is 1.07. The Labute approximate surface area is 218 Å². The molecule has 0 saturated carbocycles. The molecule has 0 aliphatic carbocycles. The Bertz CT molecular complexity index is 1350. The van der Waals surface area contributed by atoms with Gasteiger partial charge in [-0.15, -0.1) is 0 Å². The van der Waals surface area contributed by atoms with Crippen molar-refractivity contribution in [3.8, 4) is 17.0 Å². The second kappa shape index (κ2) is 11.0. The molecule has 8 nitrogen and oxygen atoms in total. The van der Waals surface area contributed by atoms with E-state index in [9.17, 15) is 18.3 Å². The van der Waals surface area contributed by atoms with Crippen LogP contribution in [-0.2, 0) is 10.0 Å². The van der Waals surface area contributed by atoms with Gasteiger partial charge in [0.15, 0.2) is 0 Å². The summed E-state index contributed by atoms with van der Waals surface area (Å²) < 4.78 is 34.0. The molecule has 1 aliphatic rings. The lowest BCUT2D eigenvalue weighted by molar-refractivity contribution is 0.0373. The van der Waals surface area contributed by atoms with Gasteiger partial charge < -0.3 is 14.7 Å². The molecule has 3 atom stereocenters. The zero-order chi connectivity index (χ0) is 26.7. The van der Waals surface area contributed by atoms with Crippen molar-refractivity contribution in [2.24, 2.45) is 5.92 Å². The van der Waals surface area contributed by atoms with Crippen LogP contribution in [-0.4, -0.2) is 72.5 Å². The van der Waals surface area contributed by atoms with Crippen molar-refractivity contribution < 1.29 is 23.1 Å². The highest BCUT2D eigenvalue weighted by atomic mass is 32.2. The summed E-state index contributed by atoms with van der Waals surface area (Å²) in [4.78, 5) is 19.9. The minimum atomic E-state index is -3.75. The van der Waals surface area contributed by atoms with E-state index in [2.05, 4.69) is 4.98 Å². The van der Waals surface area contributed by atoms with Crippen LogP contribution in [0.15, 0.2) is 71.8 Å². The Kier molecular flexibility index (Phi) is 7.96. The van der Waals surface area contributed by atoms with Crippen molar-refractivity contribution in [1.82, 2.24) is 14.2 Å². The van der Waals surface area contributed by atoms with E-state index in [0.717, 1.165) is 16.7 Å². The number of pyridine rings is 1. The molecule has 196 valence electrons. The second-order valence-electron chi connectivity index (χ2n) is 9.66. The standard InChI is InChI=1S/C28H33N3O5S/c1-19-10-12-24(13-11-19)37(34,35)30(4)17-26-20(2)16-31(21(3)18-32)28(33)25-14-23(15-29-27(25)36-26)22-8-6-5-7-9-22/h5-15,20-21,26,32H,16-18H2,1-4H3/t20-,21-,26+/m0/s1. The highest BCUT2D eigenvalue weighted by Crippen LogP contribution is 2.30. The third-order valence-electron chi connectivity index (χ3n) is 6.79. The zero-order valence-electron chi connectivity index (χ0n) is 21.5. The lowest BCUT2D eigenvalue weighted by Gasteiger charge is -2.37. The van der Waals surface area contributed by atoms with Gasteiger partial charge in [0.05, 0.1) is 24.1 Å². The van der Waals surface area contributed by atoms with Crippen LogP contribution in [0, 0.1) is 12.8 Å². The number of hydrogen-bond acceptors (Lipinski definition) is 6. The number of benzene rings is 2. The molecule has 0 fully saturated rings. The van der Waals surface area contributed by atoms with Crippen LogP contribution in [0.1, 0.15) is 29.8 Å². The first-order valence-corrected chi connectivity index (χ1v) is 13.7. The zero-order valence-corrected chi connectivity index (χ0v) is 22.4. The Hall–Kier alpha value is -3.27. The molecule has 37 heavy (non-hydrogen) atoms. The Morgan fingerprint density at radius 3 is 2.46 bits per heavy atom. The maximum atomic E-state index is 13.6. The summed E-state index contributed by atoms with van der Waals surface area (Å²) in [5, 5.41) is 9.87. The van der Waals surface area contributed by atoms with Crippen LogP contribution in [0.5, 0.6) is 5.88 Å². The van der Waals surface area contributed by atoms with Crippen LogP contribution < -0.4 is 4.74 Å². The Morgan fingerprint density at radius 1 is 1.14 bits per heavy atom. The number of carbonyl (C=O) groups excluding carboxylic acids is 1. The lowest BCUT2D eigenvalue weighted by Crippen LogP contribution is -2.50. The summed E-state index contributed by atoms with van der Waals surface area (Å²) in [6.45, 7) is 5.74. The highest BCUT2D eigenvalue weighted by molar-refractivity contribution is 7.89.